The predicted molar refractivity (Wildman–Crippen MR) is 158 cm³/mol. The van der Waals surface area contributed by atoms with E-state index in [1.54, 1.807) is 18.2 Å². The molecule has 0 aliphatic heterocycles. The van der Waals surface area contributed by atoms with Crippen LogP contribution in [0, 0.1) is 0 Å². The van der Waals surface area contributed by atoms with Gasteiger partial charge in [-0.25, -0.2) is 0 Å². The summed E-state index contributed by atoms with van der Waals surface area (Å²) in [6.07, 6.45) is 5.81. The number of ether oxygens (including phenoxy) is 2. The molecule has 0 aliphatic carbocycles. The molecule has 6 heteroatoms. The highest BCUT2D eigenvalue weighted by atomic mass is 16.6. The van der Waals surface area contributed by atoms with Gasteiger partial charge < -0.3 is 19.3 Å². The van der Waals surface area contributed by atoms with Gasteiger partial charge in [-0.3, -0.25) is 9.59 Å². The smallest absolute Gasteiger partial charge is 0.307 e. The predicted octanol–water partition coefficient (Wildman–Crippen LogP) is 6.70. The molecule has 0 saturated heterocycles. The molecule has 0 radical (unpaired) electrons. The molecule has 204 valence electrons. The molecule has 0 aliphatic rings. The minimum absolute atomic E-state index is 0.0775. The van der Waals surface area contributed by atoms with E-state index in [2.05, 4.69) is 19.7 Å². The Hall–Kier alpha value is -3.80. The molecule has 0 unspecified atom stereocenters. The van der Waals surface area contributed by atoms with Crippen LogP contribution in [-0.2, 0) is 19.1 Å². The van der Waals surface area contributed by atoms with Crippen LogP contribution in [0.2, 0.25) is 0 Å². The fourth-order valence-electron chi connectivity index (χ4n) is 2.60. The molecule has 0 spiro atoms. The van der Waals surface area contributed by atoms with Gasteiger partial charge in [-0.2, -0.15) is 0 Å². The van der Waals surface area contributed by atoms with Crippen molar-refractivity contribution in [1.29, 1.82) is 0 Å². The maximum absolute atomic E-state index is 11.8. The molecule has 6 nitrogen and oxygen atoms in total. The average molecular weight is 511 g/mol. The number of para-hydroxylation sites is 2. The lowest BCUT2D eigenvalue weighted by atomic mass is 10.3. The van der Waals surface area contributed by atoms with E-state index in [9.17, 15) is 9.59 Å². The highest BCUT2D eigenvalue weighted by molar-refractivity contribution is 5.71. The first-order chi connectivity index (χ1) is 17.8. The fourth-order valence-corrected chi connectivity index (χ4v) is 2.60. The molecule has 0 saturated carbocycles. The Morgan fingerprint density at radius 3 is 1.19 bits per heavy atom. The molecule has 0 bridgehead atoms. The van der Waals surface area contributed by atoms with Crippen molar-refractivity contribution in [3.63, 3.8) is 0 Å². The van der Waals surface area contributed by atoms with Gasteiger partial charge in [0.2, 0.25) is 0 Å². The Morgan fingerprint density at radius 2 is 0.919 bits per heavy atom. The van der Waals surface area contributed by atoms with Gasteiger partial charge in [0.1, 0.15) is 13.2 Å². The molecular formula is C31H46N2O4. The summed E-state index contributed by atoms with van der Waals surface area (Å²) in [4.78, 5) is 27.6. The zero-order valence-corrected chi connectivity index (χ0v) is 23.4. The van der Waals surface area contributed by atoms with E-state index in [-0.39, 0.29) is 38.0 Å². The number of nitrogens with zero attached hydrogens (tertiary/aromatic N) is 2. The lowest BCUT2D eigenvalue weighted by Crippen LogP contribution is -2.24. The molecule has 2 aromatic carbocycles. The maximum Gasteiger partial charge on any atom is 0.307 e. The Kier molecular flexibility index (Phi) is 24.2. The number of hydrogen-bond acceptors (Lipinski definition) is 6. The summed E-state index contributed by atoms with van der Waals surface area (Å²) in [5.74, 6) is -0.606. The average Bonchev–Trinajstić information content (AvgIpc) is 2.90. The number of benzene rings is 2. The number of carbonyl (C=O) groups excluding carboxylic acids is 2. The Balaban J connectivity index is 0. The number of anilines is 2. The van der Waals surface area contributed by atoms with E-state index in [0.717, 1.165) is 11.4 Å². The minimum atomic E-state index is -0.303. The molecule has 0 aromatic heterocycles. The Morgan fingerprint density at radius 1 is 0.649 bits per heavy atom. The Labute approximate surface area is 224 Å². The molecule has 37 heavy (non-hydrogen) atoms. The van der Waals surface area contributed by atoms with Crippen LogP contribution in [0.1, 0.15) is 33.6 Å². The van der Waals surface area contributed by atoms with Gasteiger partial charge in [0.25, 0.3) is 0 Å². The number of carbonyl (C=O) groups is 2. The zero-order chi connectivity index (χ0) is 28.3. The molecule has 0 atom stereocenters. The zero-order valence-electron chi connectivity index (χ0n) is 23.4. The van der Waals surface area contributed by atoms with Gasteiger partial charge in [0.05, 0.1) is 12.8 Å². The van der Waals surface area contributed by atoms with Crippen molar-refractivity contribution in [2.75, 3.05) is 50.2 Å². The van der Waals surface area contributed by atoms with Gasteiger partial charge in [-0.05, 0) is 45.0 Å². The lowest BCUT2D eigenvalue weighted by molar-refractivity contribution is -0.152. The highest BCUT2D eigenvalue weighted by Crippen LogP contribution is 2.12. The van der Waals surface area contributed by atoms with Gasteiger partial charge >= 0.3 is 11.9 Å². The van der Waals surface area contributed by atoms with Crippen molar-refractivity contribution >= 4 is 23.3 Å². The number of rotatable bonds is 11. The number of allylic oxidation sites excluding steroid dienone is 3. The summed E-state index contributed by atoms with van der Waals surface area (Å²) in [7, 11) is 3.85. The topological polar surface area (TPSA) is 59.1 Å². The summed E-state index contributed by atoms with van der Waals surface area (Å²) >= 11 is 0. The van der Waals surface area contributed by atoms with Crippen LogP contribution < -0.4 is 9.80 Å². The van der Waals surface area contributed by atoms with Crippen LogP contribution in [0.15, 0.2) is 98.6 Å². The normalized spacial score (nSPS) is 8.78. The summed E-state index contributed by atoms with van der Waals surface area (Å²) in [6, 6.07) is 19.7. The summed E-state index contributed by atoms with van der Waals surface area (Å²) in [6.45, 7) is 17.0. The molecule has 0 fully saturated rings. The van der Waals surface area contributed by atoms with Crippen LogP contribution in [0.4, 0.5) is 11.4 Å². The molecule has 0 amide bonds. The van der Waals surface area contributed by atoms with Gasteiger partial charge in [-0.1, -0.05) is 54.6 Å². The lowest BCUT2D eigenvalue weighted by Gasteiger charge is -2.19. The van der Waals surface area contributed by atoms with Crippen molar-refractivity contribution < 1.29 is 19.1 Å². The van der Waals surface area contributed by atoms with E-state index in [4.69, 9.17) is 9.47 Å². The van der Waals surface area contributed by atoms with E-state index in [1.165, 1.54) is 0 Å². The molecule has 0 heterocycles. The largest absolute Gasteiger partial charge is 0.462 e. The molecule has 2 rings (SSSR count). The second-order valence-electron chi connectivity index (χ2n) is 7.68. The van der Waals surface area contributed by atoms with E-state index in [1.807, 2.05) is 105 Å². The minimum Gasteiger partial charge on any atom is -0.462 e. The fraction of sp³-hybridized carbons (Fsp3) is 0.355. The number of hydrogen-bond donors (Lipinski definition) is 0. The molecular weight excluding hydrogens is 464 g/mol. The van der Waals surface area contributed by atoms with Crippen molar-refractivity contribution in [3.8, 4) is 0 Å². The molecule has 0 N–H and O–H groups in total. The highest BCUT2D eigenvalue weighted by Gasteiger charge is 2.09. The van der Waals surface area contributed by atoms with Gasteiger partial charge in [0.15, 0.2) is 0 Å². The monoisotopic (exact) mass is 510 g/mol. The van der Waals surface area contributed by atoms with E-state index < -0.39 is 0 Å². The van der Waals surface area contributed by atoms with E-state index in [0.29, 0.717) is 13.1 Å². The van der Waals surface area contributed by atoms with Crippen LogP contribution >= 0.6 is 0 Å². The first-order valence-corrected chi connectivity index (χ1v) is 12.4. The van der Waals surface area contributed by atoms with Crippen molar-refractivity contribution in [2.24, 2.45) is 0 Å². The van der Waals surface area contributed by atoms with E-state index >= 15 is 0 Å². The third kappa shape index (κ3) is 21.2. The SMILES string of the molecule is C=CC.C=CC.C=CC.CN(CCC(=O)OCCOC(=O)CCN(C)c1ccccc1)c1ccccc1. The van der Waals surface area contributed by atoms with Crippen LogP contribution in [0.5, 0.6) is 0 Å². The summed E-state index contributed by atoms with van der Waals surface area (Å²) < 4.78 is 10.2. The Bertz CT molecular complexity index is 776. The first-order valence-electron chi connectivity index (χ1n) is 12.4. The van der Waals surface area contributed by atoms with Gasteiger partial charge in [0, 0.05) is 38.6 Å². The number of esters is 2. The quantitative estimate of drug-likeness (QED) is 0.190. The van der Waals surface area contributed by atoms with Crippen molar-refractivity contribution in [3.05, 3.63) is 98.6 Å². The first kappa shape index (κ1) is 35.4. The standard InChI is InChI=1S/C22H28N2O4.3C3H6/c1-23(19-9-5-3-6-10-19)15-13-21(25)27-17-18-28-22(26)14-16-24(2)20-11-7-4-8-12-20;3*1-3-2/h3-12H,13-18H2,1-2H3;3*3H,1H2,2H3. The molecule has 2 aromatic rings. The van der Waals surface area contributed by atoms with Crippen molar-refractivity contribution in [2.45, 2.75) is 33.6 Å². The third-order valence-electron chi connectivity index (χ3n) is 4.31. The summed E-state index contributed by atoms with van der Waals surface area (Å²) in [5.41, 5.74) is 2.09. The van der Waals surface area contributed by atoms with Crippen LogP contribution in [0.3, 0.4) is 0 Å². The second kappa shape index (κ2) is 25.3. The van der Waals surface area contributed by atoms with Crippen LogP contribution in [-0.4, -0.2) is 52.3 Å². The van der Waals surface area contributed by atoms with Crippen LogP contribution in [0.25, 0.3) is 0 Å². The van der Waals surface area contributed by atoms with Gasteiger partial charge in [-0.15, -0.1) is 19.7 Å². The summed E-state index contributed by atoms with van der Waals surface area (Å²) in [5, 5.41) is 0. The second-order valence-corrected chi connectivity index (χ2v) is 7.68. The third-order valence-corrected chi connectivity index (χ3v) is 4.31. The van der Waals surface area contributed by atoms with Crippen molar-refractivity contribution in [1.82, 2.24) is 0 Å². The maximum atomic E-state index is 11.8.